The van der Waals surface area contributed by atoms with E-state index < -0.39 is 15.9 Å². The van der Waals surface area contributed by atoms with Crippen LogP contribution < -0.4 is 15.4 Å². The van der Waals surface area contributed by atoms with Crippen molar-refractivity contribution in [2.45, 2.75) is 44.9 Å². The Morgan fingerprint density at radius 1 is 0.732 bits per heavy atom. The van der Waals surface area contributed by atoms with Crippen molar-refractivity contribution in [2.75, 3.05) is 15.4 Å². The van der Waals surface area contributed by atoms with E-state index in [1.54, 1.807) is 48.5 Å². The second-order valence-corrected chi connectivity index (χ2v) is 12.9. The Kier molecular flexibility index (Phi) is 8.56. The number of nitrogens with one attached hydrogen (secondary N) is 3. The quantitative estimate of drug-likeness (QED) is 0.207. The van der Waals surface area contributed by atoms with Crippen LogP contribution in [0.3, 0.4) is 0 Å². The van der Waals surface area contributed by atoms with Crippen molar-refractivity contribution < 1.29 is 18.0 Å². The van der Waals surface area contributed by atoms with Crippen molar-refractivity contribution in [3.8, 4) is 0 Å². The Labute approximate surface area is 246 Å². The highest BCUT2D eigenvalue weighted by molar-refractivity contribution is 7.92. The minimum atomic E-state index is -4.08. The van der Waals surface area contributed by atoms with Crippen LogP contribution in [0.15, 0.2) is 89.8 Å². The molecule has 4 aromatic carbocycles. The number of rotatable bonds is 7. The molecule has 0 radical (unpaired) electrons. The van der Waals surface area contributed by atoms with Gasteiger partial charge in [-0.3, -0.25) is 14.3 Å². The number of benzene rings is 4. The number of carbonyl (C=O) groups excluding carboxylic acids is 2. The van der Waals surface area contributed by atoms with E-state index >= 15 is 0 Å². The minimum absolute atomic E-state index is 0.0143. The van der Waals surface area contributed by atoms with E-state index in [0.717, 1.165) is 16.7 Å². The molecule has 9 heteroatoms. The van der Waals surface area contributed by atoms with E-state index in [0.29, 0.717) is 22.6 Å². The van der Waals surface area contributed by atoms with Gasteiger partial charge in [0, 0.05) is 22.5 Å². The van der Waals surface area contributed by atoms with Crippen LogP contribution >= 0.6 is 11.6 Å². The van der Waals surface area contributed by atoms with E-state index in [1.165, 1.54) is 18.2 Å². The molecule has 0 saturated heterocycles. The maximum Gasteiger partial charge on any atom is 0.263 e. The molecule has 0 heterocycles. The van der Waals surface area contributed by atoms with Crippen molar-refractivity contribution in [3.05, 3.63) is 118 Å². The summed E-state index contributed by atoms with van der Waals surface area (Å²) in [5.41, 5.74) is 4.77. The van der Waals surface area contributed by atoms with Crippen molar-refractivity contribution in [1.29, 1.82) is 0 Å². The Balaban J connectivity index is 1.49. The first-order chi connectivity index (χ1) is 19.2. The van der Waals surface area contributed by atoms with Gasteiger partial charge in [-0.25, -0.2) is 8.42 Å². The van der Waals surface area contributed by atoms with Gasteiger partial charge in [0.05, 0.1) is 10.7 Å². The van der Waals surface area contributed by atoms with Crippen molar-refractivity contribution in [2.24, 2.45) is 0 Å². The van der Waals surface area contributed by atoms with Crippen LogP contribution in [-0.4, -0.2) is 20.2 Å². The fourth-order valence-electron chi connectivity index (χ4n) is 4.11. The van der Waals surface area contributed by atoms with Gasteiger partial charge in [-0.15, -0.1) is 0 Å². The molecule has 0 fully saturated rings. The maximum atomic E-state index is 13.2. The van der Waals surface area contributed by atoms with Crippen LogP contribution in [0, 0.1) is 13.8 Å². The number of amides is 2. The molecule has 4 rings (SSSR count). The van der Waals surface area contributed by atoms with Gasteiger partial charge in [0.1, 0.15) is 4.90 Å². The topological polar surface area (TPSA) is 104 Å². The SMILES string of the molecule is Cc1cccc(NS(=O)(=O)c2cc(C(=O)Nc3cccc(NC(=O)c4ccc(C(C)(C)C)cc4)c3)ccc2Cl)c1C. The molecule has 41 heavy (non-hydrogen) atoms. The van der Waals surface area contributed by atoms with Crippen LogP contribution in [0.5, 0.6) is 0 Å². The fourth-order valence-corrected chi connectivity index (χ4v) is 5.76. The standard InChI is InChI=1S/C32H32ClN3O4S/c1-20-8-6-11-28(21(20)2)36-41(39,40)29-18-23(14-17-27(29)33)31(38)35-26-10-7-9-25(19-26)34-30(37)22-12-15-24(16-13-22)32(3,4)5/h6-19,36H,1-5H3,(H,34,37)(H,35,38). The maximum absolute atomic E-state index is 13.2. The third-order valence-corrected chi connectivity index (χ3v) is 8.57. The van der Waals surface area contributed by atoms with Crippen LogP contribution in [0.25, 0.3) is 0 Å². The van der Waals surface area contributed by atoms with Gasteiger partial charge in [0.15, 0.2) is 0 Å². The number of sulfonamides is 1. The van der Waals surface area contributed by atoms with Crippen molar-refractivity contribution in [1.82, 2.24) is 0 Å². The minimum Gasteiger partial charge on any atom is -0.322 e. The van der Waals surface area contributed by atoms with Gasteiger partial charge in [0.25, 0.3) is 21.8 Å². The zero-order valence-corrected chi connectivity index (χ0v) is 25.1. The lowest BCUT2D eigenvalue weighted by Gasteiger charge is -2.19. The highest BCUT2D eigenvalue weighted by atomic mass is 35.5. The lowest BCUT2D eigenvalue weighted by atomic mass is 9.87. The summed E-state index contributed by atoms with van der Waals surface area (Å²) in [5.74, 6) is -0.816. The molecule has 0 bridgehead atoms. The molecular formula is C32H32ClN3O4S. The first kappa shape index (κ1) is 29.8. The Morgan fingerprint density at radius 3 is 1.90 bits per heavy atom. The largest absolute Gasteiger partial charge is 0.322 e. The first-order valence-electron chi connectivity index (χ1n) is 13.0. The smallest absolute Gasteiger partial charge is 0.263 e. The summed E-state index contributed by atoms with van der Waals surface area (Å²) < 4.78 is 28.9. The lowest BCUT2D eigenvalue weighted by Crippen LogP contribution is -2.17. The number of carbonyl (C=O) groups is 2. The monoisotopic (exact) mass is 589 g/mol. The number of anilines is 3. The molecule has 0 unspecified atom stereocenters. The molecule has 3 N–H and O–H groups in total. The number of hydrogen-bond acceptors (Lipinski definition) is 4. The summed E-state index contributed by atoms with van der Waals surface area (Å²) in [6, 6.07) is 23.5. The molecule has 2 amide bonds. The number of aryl methyl sites for hydroxylation is 1. The summed E-state index contributed by atoms with van der Waals surface area (Å²) in [5, 5.41) is 5.58. The Hall–Kier alpha value is -4.14. The highest BCUT2D eigenvalue weighted by Crippen LogP contribution is 2.28. The third-order valence-electron chi connectivity index (χ3n) is 6.72. The molecule has 0 saturated carbocycles. The van der Waals surface area contributed by atoms with Gasteiger partial charge in [0.2, 0.25) is 0 Å². The molecule has 0 aliphatic heterocycles. The zero-order valence-electron chi connectivity index (χ0n) is 23.5. The third kappa shape index (κ3) is 7.14. The summed E-state index contributed by atoms with van der Waals surface area (Å²) in [4.78, 5) is 25.6. The van der Waals surface area contributed by atoms with Gasteiger partial charge in [-0.05, 0) is 90.6 Å². The predicted octanol–water partition coefficient (Wildman–Crippen LogP) is 7.56. The van der Waals surface area contributed by atoms with Crippen molar-refractivity contribution in [3.63, 3.8) is 0 Å². The zero-order chi connectivity index (χ0) is 29.9. The molecule has 0 spiro atoms. The summed E-state index contributed by atoms with van der Waals surface area (Å²) in [6.45, 7) is 10.0. The van der Waals surface area contributed by atoms with Crippen LogP contribution in [-0.2, 0) is 15.4 Å². The summed E-state index contributed by atoms with van der Waals surface area (Å²) in [6.07, 6.45) is 0. The molecule has 0 aliphatic carbocycles. The molecule has 4 aromatic rings. The van der Waals surface area contributed by atoms with E-state index in [-0.39, 0.29) is 26.8 Å². The van der Waals surface area contributed by atoms with E-state index in [1.807, 2.05) is 32.0 Å². The summed E-state index contributed by atoms with van der Waals surface area (Å²) in [7, 11) is -4.08. The number of hydrogen-bond donors (Lipinski definition) is 3. The molecule has 212 valence electrons. The predicted molar refractivity (Wildman–Crippen MR) is 166 cm³/mol. The molecule has 0 aromatic heterocycles. The molecular weight excluding hydrogens is 558 g/mol. The number of halogens is 1. The molecule has 0 atom stereocenters. The average Bonchev–Trinajstić information content (AvgIpc) is 2.91. The van der Waals surface area contributed by atoms with Crippen LogP contribution in [0.1, 0.15) is 58.2 Å². The fraction of sp³-hybridized carbons (Fsp3) is 0.188. The summed E-state index contributed by atoms with van der Waals surface area (Å²) >= 11 is 6.24. The van der Waals surface area contributed by atoms with Crippen LogP contribution in [0.4, 0.5) is 17.1 Å². The van der Waals surface area contributed by atoms with E-state index in [9.17, 15) is 18.0 Å². The first-order valence-corrected chi connectivity index (χ1v) is 14.8. The van der Waals surface area contributed by atoms with Gasteiger partial charge in [-0.2, -0.15) is 0 Å². The normalized spacial score (nSPS) is 11.6. The Morgan fingerprint density at radius 2 is 1.29 bits per heavy atom. The van der Waals surface area contributed by atoms with Gasteiger partial charge < -0.3 is 10.6 Å². The van der Waals surface area contributed by atoms with Crippen molar-refractivity contribution >= 4 is 50.5 Å². The Bertz CT molecular complexity index is 1730. The lowest BCUT2D eigenvalue weighted by molar-refractivity contribution is 0.101. The molecule has 7 nitrogen and oxygen atoms in total. The molecule has 0 aliphatic rings. The average molecular weight is 590 g/mol. The van der Waals surface area contributed by atoms with Crippen LogP contribution in [0.2, 0.25) is 5.02 Å². The highest BCUT2D eigenvalue weighted by Gasteiger charge is 2.22. The second-order valence-electron chi connectivity index (χ2n) is 10.8. The second kappa shape index (κ2) is 11.8. The van der Waals surface area contributed by atoms with Gasteiger partial charge in [-0.1, -0.05) is 62.7 Å². The van der Waals surface area contributed by atoms with E-state index in [4.69, 9.17) is 11.6 Å². The van der Waals surface area contributed by atoms with Gasteiger partial charge >= 0.3 is 0 Å². The van der Waals surface area contributed by atoms with E-state index in [2.05, 4.69) is 36.1 Å².